The fourth-order valence-corrected chi connectivity index (χ4v) is 2.65. The van der Waals surface area contributed by atoms with E-state index < -0.39 is 4.92 Å². The molecular formula is C14H18ClN3O3. The van der Waals surface area contributed by atoms with E-state index in [9.17, 15) is 14.9 Å². The van der Waals surface area contributed by atoms with Gasteiger partial charge < -0.3 is 5.32 Å². The number of halogens is 1. The van der Waals surface area contributed by atoms with E-state index in [-0.39, 0.29) is 28.2 Å². The molecule has 1 aliphatic heterocycles. The highest BCUT2D eigenvalue weighted by molar-refractivity contribution is 6.33. The second-order valence-corrected chi connectivity index (χ2v) is 5.63. The molecule has 7 heteroatoms. The van der Waals surface area contributed by atoms with Gasteiger partial charge >= 0.3 is 0 Å². The quantitative estimate of drug-likeness (QED) is 0.669. The second kappa shape index (κ2) is 6.87. The van der Waals surface area contributed by atoms with E-state index >= 15 is 0 Å². The monoisotopic (exact) mass is 311 g/mol. The van der Waals surface area contributed by atoms with E-state index in [4.69, 9.17) is 11.6 Å². The van der Waals surface area contributed by atoms with Gasteiger partial charge in [-0.1, -0.05) is 11.6 Å². The number of carbonyl (C=O) groups is 1. The molecule has 1 amide bonds. The lowest BCUT2D eigenvalue weighted by molar-refractivity contribution is -0.384. The lowest BCUT2D eigenvalue weighted by atomic mass is 10.2. The first kappa shape index (κ1) is 15.7. The van der Waals surface area contributed by atoms with Crippen LogP contribution in [0.2, 0.25) is 5.02 Å². The first-order chi connectivity index (χ1) is 9.99. The number of nitrogens with zero attached hydrogens (tertiary/aromatic N) is 2. The number of nitro benzene ring substituents is 1. The average Bonchev–Trinajstić information content (AvgIpc) is 2.98. The highest BCUT2D eigenvalue weighted by atomic mass is 35.5. The van der Waals surface area contributed by atoms with Crippen LogP contribution in [0.25, 0.3) is 0 Å². The number of likely N-dealkylation sites (tertiary alicyclic amines) is 1. The van der Waals surface area contributed by atoms with Crippen molar-refractivity contribution in [3.05, 3.63) is 38.9 Å². The zero-order chi connectivity index (χ0) is 15.4. The van der Waals surface area contributed by atoms with Gasteiger partial charge in [-0.25, -0.2) is 0 Å². The van der Waals surface area contributed by atoms with Gasteiger partial charge in [-0.05, 0) is 38.9 Å². The van der Waals surface area contributed by atoms with Crippen molar-refractivity contribution in [1.29, 1.82) is 0 Å². The molecule has 0 bridgehead atoms. The molecule has 1 fully saturated rings. The van der Waals surface area contributed by atoms with Crippen LogP contribution in [0.4, 0.5) is 5.69 Å². The van der Waals surface area contributed by atoms with Crippen molar-refractivity contribution < 1.29 is 9.72 Å². The molecule has 114 valence electrons. The van der Waals surface area contributed by atoms with Gasteiger partial charge in [0.15, 0.2) is 0 Å². The van der Waals surface area contributed by atoms with E-state index in [0.717, 1.165) is 13.1 Å². The van der Waals surface area contributed by atoms with Gasteiger partial charge in [-0.3, -0.25) is 19.8 Å². The molecule has 1 aromatic carbocycles. The van der Waals surface area contributed by atoms with Gasteiger partial charge in [0.05, 0.1) is 15.5 Å². The predicted octanol–water partition coefficient (Wildman–Crippen LogP) is 2.46. The minimum absolute atomic E-state index is 0.138. The smallest absolute Gasteiger partial charge is 0.270 e. The third kappa shape index (κ3) is 3.92. The number of nitro groups is 1. The fourth-order valence-electron chi connectivity index (χ4n) is 2.45. The average molecular weight is 312 g/mol. The second-order valence-electron chi connectivity index (χ2n) is 5.22. The van der Waals surface area contributed by atoms with Gasteiger partial charge in [0.25, 0.3) is 11.6 Å². The van der Waals surface area contributed by atoms with Crippen LogP contribution in [0.5, 0.6) is 0 Å². The molecule has 0 radical (unpaired) electrons. The summed E-state index contributed by atoms with van der Waals surface area (Å²) in [7, 11) is 0. The van der Waals surface area contributed by atoms with Gasteiger partial charge in [0, 0.05) is 24.7 Å². The standard InChI is InChI=1S/C14H18ClN3O3/c1-10(17-6-2-3-7-17)9-16-14(19)12-8-11(18(20)21)4-5-13(12)15/h4-5,8,10H,2-3,6-7,9H2,1H3,(H,16,19). The molecule has 1 saturated heterocycles. The maximum absolute atomic E-state index is 12.1. The summed E-state index contributed by atoms with van der Waals surface area (Å²) >= 11 is 5.94. The Morgan fingerprint density at radius 2 is 2.14 bits per heavy atom. The maximum atomic E-state index is 12.1. The van der Waals surface area contributed by atoms with Crippen molar-refractivity contribution >= 4 is 23.2 Å². The Morgan fingerprint density at radius 3 is 2.76 bits per heavy atom. The number of nitrogens with one attached hydrogen (secondary N) is 1. The predicted molar refractivity (Wildman–Crippen MR) is 80.7 cm³/mol. The number of hydrogen-bond donors (Lipinski definition) is 1. The number of benzene rings is 1. The van der Waals surface area contributed by atoms with Crippen LogP contribution >= 0.6 is 11.6 Å². The molecule has 2 rings (SSSR count). The molecule has 0 spiro atoms. The van der Waals surface area contributed by atoms with Crippen molar-refractivity contribution in [2.45, 2.75) is 25.8 Å². The molecular weight excluding hydrogens is 294 g/mol. The molecule has 0 aliphatic carbocycles. The molecule has 0 saturated carbocycles. The van der Waals surface area contributed by atoms with Gasteiger partial charge in [-0.2, -0.15) is 0 Å². The largest absolute Gasteiger partial charge is 0.350 e. The molecule has 1 unspecified atom stereocenters. The van der Waals surface area contributed by atoms with E-state index in [2.05, 4.69) is 17.1 Å². The van der Waals surface area contributed by atoms with E-state index in [1.165, 1.54) is 31.0 Å². The number of hydrogen-bond acceptors (Lipinski definition) is 4. The van der Waals surface area contributed by atoms with Crippen molar-refractivity contribution in [2.24, 2.45) is 0 Å². The van der Waals surface area contributed by atoms with Gasteiger partial charge in [0.1, 0.15) is 0 Å². The minimum Gasteiger partial charge on any atom is -0.350 e. The molecule has 1 heterocycles. The summed E-state index contributed by atoms with van der Waals surface area (Å²) in [4.78, 5) is 24.6. The molecule has 6 nitrogen and oxygen atoms in total. The number of carbonyl (C=O) groups excluding carboxylic acids is 1. The van der Waals surface area contributed by atoms with Crippen molar-refractivity contribution in [3.63, 3.8) is 0 Å². The number of non-ortho nitro benzene ring substituents is 1. The van der Waals surface area contributed by atoms with E-state index in [1.807, 2.05) is 0 Å². The third-order valence-corrected chi connectivity index (χ3v) is 4.06. The number of amides is 1. The molecule has 1 aromatic rings. The summed E-state index contributed by atoms with van der Waals surface area (Å²) in [5.41, 5.74) is -0.00312. The van der Waals surface area contributed by atoms with Crippen LogP contribution in [0.3, 0.4) is 0 Å². The van der Waals surface area contributed by atoms with Crippen LogP contribution in [-0.4, -0.2) is 41.4 Å². The lowest BCUT2D eigenvalue weighted by Crippen LogP contribution is -2.40. The summed E-state index contributed by atoms with van der Waals surface area (Å²) in [6, 6.07) is 4.11. The normalized spacial score (nSPS) is 16.7. The van der Waals surface area contributed by atoms with E-state index in [1.54, 1.807) is 0 Å². The van der Waals surface area contributed by atoms with Crippen LogP contribution in [0.1, 0.15) is 30.1 Å². The molecule has 1 aliphatic rings. The highest BCUT2D eigenvalue weighted by Crippen LogP contribution is 2.22. The lowest BCUT2D eigenvalue weighted by Gasteiger charge is -2.23. The summed E-state index contributed by atoms with van der Waals surface area (Å²) in [5.74, 6) is -0.380. The molecule has 1 atom stereocenters. The number of rotatable bonds is 5. The van der Waals surface area contributed by atoms with Crippen molar-refractivity contribution in [3.8, 4) is 0 Å². The minimum atomic E-state index is -0.542. The summed E-state index contributed by atoms with van der Waals surface area (Å²) < 4.78 is 0. The zero-order valence-electron chi connectivity index (χ0n) is 11.8. The fraction of sp³-hybridized carbons (Fsp3) is 0.500. The molecule has 1 N–H and O–H groups in total. The van der Waals surface area contributed by atoms with Crippen molar-refractivity contribution in [1.82, 2.24) is 10.2 Å². The first-order valence-corrected chi connectivity index (χ1v) is 7.33. The van der Waals surface area contributed by atoms with Gasteiger partial charge in [-0.15, -0.1) is 0 Å². The van der Waals surface area contributed by atoms with Crippen molar-refractivity contribution in [2.75, 3.05) is 19.6 Å². The van der Waals surface area contributed by atoms with Crippen LogP contribution in [0.15, 0.2) is 18.2 Å². The third-order valence-electron chi connectivity index (χ3n) is 3.73. The SMILES string of the molecule is CC(CNC(=O)c1cc([N+](=O)[O-])ccc1Cl)N1CCCC1. The summed E-state index contributed by atoms with van der Waals surface area (Å²) in [6.45, 7) is 4.65. The zero-order valence-corrected chi connectivity index (χ0v) is 12.6. The van der Waals surface area contributed by atoms with Crippen LogP contribution < -0.4 is 5.32 Å². The Morgan fingerprint density at radius 1 is 1.48 bits per heavy atom. The Balaban J connectivity index is 1.99. The van der Waals surface area contributed by atoms with Crippen LogP contribution in [-0.2, 0) is 0 Å². The highest BCUT2D eigenvalue weighted by Gasteiger charge is 2.20. The molecule has 0 aromatic heterocycles. The van der Waals surface area contributed by atoms with Gasteiger partial charge in [0.2, 0.25) is 0 Å². The summed E-state index contributed by atoms with van der Waals surface area (Å²) in [6.07, 6.45) is 2.38. The Labute approximate surface area is 128 Å². The van der Waals surface area contributed by atoms with E-state index in [0.29, 0.717) is 6.54 Å². The van der Waals surface area contributed by atoms with Crippen LogP contribution in [0, 0.1) is 10.1 Å². The molecule has 21 heavy (non-hydrogen) atoms. The maximum Gasteiger partial charge on any atom is 0.270 e. The Hall–Kier alpha value is -1.66. The Kier molecular flexibility index (Phi) is 5.14. The first-order valence-electron chi connectivity index (χ1n) is 6.95. The topological polar surface area (TPSA) is 75.5 Å². The summed E-state index contributed by atoms with van der Waals surface area (Å²) in [5, 5.41) is 13.8. The Bertz CT molecular complexity index is 544.